The van der Waals surface area contributed by atoms with E-state index >= 15 is 0 Å². The Kier molecular flexibility index (Phi) is 4.40. The van der Waals surface area contributed by atoms with Crippen LogP contribution in [0.3, 0.4) is 0 Å². The van der Waals surface area contributed by atoms with Crippen LogP contribution in [0.2, 0.25) is 0 Å². The van der Waals surface area contributed by atoms with Gasteiger partial charge in [0, 0.05) is 25.2 Å². The minimum atomic E-state index is -0.318. The number of hydrogen-bond donors (Lipinski definition) is 2. The van der Waals surface area contributed by atoms with Gasteiger partial charge in [-0.25, -0.2) is 0 Å². The second-order valence-electron chi connectivity index (χ2n) is 5.45. The summed E-state index contributed by atoms with van der Waals surface area (Å²) in [5, 5.41) is 3.09. The van der Waals surface area contributed by atoms with Crippen molar-refractivity contribution >= 4 is 5.91 Å². The summed E-state index contributed by atoms with van der Waals surface area (Å²) in [6, 6.07) is 0.885. The fraction of sp³-hybridized carbons (Fsp3) is 0.923. The molecule has 1 atom stereocenters. The maximum Gasteiger partial charge on any atom is 0.237 e. The average molecular weight is 239 g/mol. The van der Waals surface area contributed by atoms with Gasteiger partial charge in [0.25, 0.3) is 0 Å². The summed E-state index contributed by atoms with van der Waals surface area (Å²) in [5.74, 6) is 0.0386. The van der Waals surface area contributed by atoms with Crippen LogP contribution in [0.5, 0.6) is 0 Å². The van der Waals surface area contributed by atoms with E-state index in [0.29, 0.717) is 6.04 Å². The van der Waals surface area contributed by atoms with Crippen molar-refractivity contribution in [2.24, 2.45) is 5.73 Å². The molecule has 1 aliphatic carbocycles. The molecule has 1 saturated carbocycles. The molecule has 17 heavy (non-hydrogen) atoms. The summed E-state index contributed by atoms with van der Waals surface area (Å²) in [4.78, 5) is 14.3. The summed E-state index contributed by atoms with van der Waals surface area (Å²) < 4.78 is 0. The van der Waals surface area contributed by atoms with Crippen molar-refractivity contribution in [1.29, 1.82) is 0 Å². The molecule has 3 N–H and O–H groups in total. The minimum Gasteiger partial charge on any atom is -0.352 e. The number of nitrogens with zero attached hydrogens (tertiary/aromatic N) is 1. The van der Waals surface area contributed by atoms with Gasteiger partial charge in [0.15, 0.2) is 0 Å². The minimum absolute atomic E-state index is 0.0386. The number of carbonyl (C=O) groups excluding carboxylic acids is 1. The fourth-order valence-electron chi connectivity index (χ4n) is 2.60. The maximum absolute atomic E-state index is 11.8. The lowest BCUT2D eigenvalue weighted by atomic mass is 10.0. The molecule has 0 spiro atoms. The molecule has 0 bridgehead atoms. The SMILES string of the molecule is CCC[C@H](N)C(=O)NC1CCN(C2CC2)CC1. The second kappa shape index (κ2) is 5.83. The van der Waals surface area contributed by atoms with E-state index in [1.54, 1.807) is 0 Å². The van der Waals surface area contributed by atoms with Gasteiger partial charge in [-0.15, -0.1) is 0 Å². The van der Waals surface area contributed by atoms with Crippen LogP contribution in [0.25, 0.3) is 0 Å². The fourth-order valence-corrected chi connectivity index (χ4v) is 2.60. The predicted octanol–water partition coefficient (Wildman–Crippen LogP) is 0.857. The number of piperidine rings is 1. The van der Waals surface area contributed by atoms with Gasteiger partial charge in [0.2, 0.25) is 5.91 Å². The van der Waals surface area contributed by atoms with Gasteiger partial charge in [-0.05, 0) is 32.1 Å². The van der Waals surface area contributed by atoms with E-state index in [-0.39, 0.29) is 11.9 Å². The van der Waals surface area contributed by atoms with E-state index in [4.69, 9.17) is 5.73 Å². The van der Waals surface area contributed by atoms with E-state index in [1.807, 2.05) is 0 Å². The lowest BCUT2D eigenvalue weighted by Gasteiger charge is -2.32. The summed E-state index contributed by atoms with van der Waals surface area (Å²) in [5.41, 5.74) is 5.81. The third kappa shape index (κ3) is 3.68. The van der Waals surface area contributed by atoms with Gasteiger partial charge in [-0.2, -0.15) is 0 Å². The van der Waals surface area contributed by atoms with Crippen LogP contribution >= 0.6 is 0 Å². The van der Waals surface area contributed by atoms with E-state index in [1.165, 1.54) is 12.8 Å². The Balaban J connectivity index is 1.68. The number of likely N-dealkylation sites (tertiary alicyclic amines) is 1. The van der Waals surface area contributed by atoms with Crippen LogP contribution in [0, 0.1) is 0 Å². The first-order valence-corrected chi connectivity index (χ1v) is 7.00. The molecule has 2 fully saturated rings. The molecule has 1 heterocycles. The van der Waals surface area contributed by atoms with Crippen LogP contribution in [-0.2, 0) is 4.79 Å². The number of carbonyl (C=O) groups is 1. The zero-order valence-corrected chi connectivity index (χ0v) is 10.8. The molecule has 0 radical (unpaired) electrons. The average Bonchev–Trinajstić information content (AvgIpc) is 3.14. The van der Waals surface area contributed by atoms with Gasteiger partial charge in [-0.1, -0.05) is 13.3 Å². The molecule has 1 saturated heterocycles. The highest BCUT2D eigenvalue weighted by Crippen LogP contribution is 2.29. The highest BCUT2D eigenvalue weighted by atomic mass is 16.2. The van der Waals surface area contributed by atoms with Crippen LogP contribution in [0.1, 0.15) is 45.4 Å². The molecule has 0 aromatic heterocycles. The van der Waals surface area contributed by atoms with Crippen molar-refractivity contribution < 1.29 is 4.79 Å². The Bertz CT molecular complexity index is 257. The van der Waals surface area contributed by atoms with Crippen LogP contribution in [0.4, 0.5) is 0 Å². The predicted molar refractivity (Wildman–Crippen MR) is 68.6 cm³/mol. The van der Waals surface area contributed by atoms with E-state index in [9.17, 15) is 4.79 Å². The summed E-state index contributed by atoms with van der Waals surface area (Å²) in [7, 11) is 0. The van der Waals surface area contributed by atoms with Gasteiger partial charge < -0.3 is 16.0 Å². The highest BCUT2D eigenvalue weighted by molar-refractivity contribution is 5.81. The molecular weight excluding hydrogens is 214 g/mol. The number of hydrogen-bond acceptors (Lipinski definition) is 3. The standard InChI is InChI=1S/C13H25N3O/c1-2-3-12(14)13(17)15-10-6-8-16(9-7-10)11-4-5-11/h10-12H,2-9,14H2,1H3,(H,15,17)/t12-/m0/s1. The van der Waals surface area contributed by atoms with Crippen LogP contribution in [-0.4, -0.2) is 42.0 Å². The smallest absolute Gasteiger partial charge is 0.237 e. The van der Waals surface area contributed by atoms with Gasteiger partial charge in [0.05, 0.1) is 6.04 Å². The Hall–Kier alpha value is -0.610. The molecule has 4 nitrogen and oxygen atoms in total. The molecule has 0 aromatic rings. The van der Waals surface area contributed by atoms with Gasteiger partial charge >= 0.3 is 0 Å². The number of amides is 1. The van der Waals surface area contributed by atoms with Crippen molar-refractivity contribution in [1.82, 2.24) is 10.2 Å². The zero-order valence-electron chi connectivity index (χ0n) is 10.8. The number of nitrogens with one attached hydrogen (secondary N) is 1. The van der Waals surface area contributed by atoms with Gasteiger partial charge in [0.1, 0.15) is 0 Å². The van der Waals surface area contributed by atoms with Crippen molar-refractivity contribution in [2.75, 3.05) is 13.1 Å². The van der Waals surface area contributed by atoms with E-state index in [2.05, 4.69) is 17.1 Å². The molecule has 1 amide bonds. The molecule has 0 unspecified atom stereocenters. The number of nitrogens with two attached hydrogens (primary N) is 1. The zero-order chi connectivity index (χ0) is 12.3. The van der Waals surface area contributed by atoms with Crippen molar-refractivity contribution in [3.05, 3.63) is 0 Å². The van der Waals surface area contributed by atoms with Crippen LogP contribution < -0.4 is 11.1 Å². The molecule has 4 heteroatoms. The van der Waals surface area contributed by atoms with Gasteiger partial charge in [-0.3, -0.25) is 4.79 Å². The van der Waals surface area contributed by atoms with E-state index in [0.717, 1.165) is 44.8 Å². The molecular formula is C13H25N3O. The summed E-state index contributed by atoms with van der Waals surface area (Å²) in [6.45, 7) is 4.33. The maximum atomic E-state index is 11.8. The number of rotatable bonds is 5. The molecule has 2 rings (SSSR count). The molecule has 2 aliphatic rings. The normalized spacial score (nSPS) is 24.6. The Labute approximate surface area is 104 Å². The van der Waals surface area contributed by atoms with Crippen molar-refractivity contribution in [3.63, 3.8) is 0 Å². The quantitative estimate of drug-likeness (QED) is 0.748. The topological polar surface area (TPSA) is 58.4 Å². The first-order chi connectivity index (χ1) is 8.20. The molecule has 98 valence electrons. The van der Waals surface area contributed by atoms with Crippen LogP contribution in [0.15, 0.2) is 0 Å². The lowest BCUT2D eigenvalue weighted by molar-refractivity contribution is -0.123. The largest absolute Gasteiger partial charge is 0.352 e. The third-order valence-electron chi connectivity index (χ3n) is 3.88. The van der Waals surface area contributed by atoms with Crippen molar-refractivity contribution in [3.8, 4) is 0 Å². The lowest BCUT2D eigenvalue weighted by Crippen LogP contribution is -2.49. The monoisotopic (exact) mass is 239 g/mol. The molecule has 1 aliphatic heterocycles. The molecule has 0 aromatic carbocycles. The Morgan fingerprint density at radius 1 is 1.35 bits per heavy atom. The Morgan fingerprint density at radius 3 is 2.53 bits per heavy atom. The first kappa shape index (κ1) is 12.8. The summed E-state index contributed by atoms with van der Waals surface area (Å²) in [6.07, 6.45) is 6.67. The third-order valence-corrected chi connectivity index (χ3v) is 3.88. The van der Waals surface area contributed by atoms with E-state index < -0.39 is 0 Å². The second-order valence-corrected chi connectivity index (χ2v) is 5.45. The summed E-state index contributed by atoms with van der Waals surface area (Å²) >= 11 is 0. The Morgan fingerprint density at radius 2 is 2.00 bits per heavy atom. The highest BCUT2D eigenvalue weighted by Gasteiger charge is 2.32. The van der Waals surface area contributed by atoms with Crippen molar-refractivity contribution in [2.45, 2.75) is 63.6 Å². The first-order valence-electron chi connectivity index (χ1n) is 7.00.